The molecule has 2 rings (SSSR count). The fraction of sp³-hybridized carbons (Fsp3) is 0.471. The standard InChI is InChI=1S/C17H24N2O/c1-5-6-10-19-17(20)15(12(2)3)16(18-19)14-9-7-8-13(4)11-14/h7-9,11-12,20H,5-6,10H2,1-4H3. The Balaban J connectivity index is 2.51. The number of unbranched alkanes of at least 4 members (excludes halogenated alkanes) is 1. The summed E-state index contributed by atoms with van der Waals surface area (Å²) in [6.07, 6.45) is 2.12. The smallest absolute Gasteiger partial charge is 0.213 e. The molecule has 0 radical (unpaired) electrons. The molecule has 20 heavy (non-hydrogen) atoms. The molecule has 0 amide bonds. The van der Waals surface area contributed by atoms with Crippen LogP contribution >= 0.6 is 0 Å². The highest BCUT2D eigenvalue weighted by Crippen LogP contribution is 2.35. The Morgan fingerprint density at radius 3 is 2.65 bits per heavy atom. The Morgan fingerprint density at radius 2 is 2.05 bits per heavy atom. The normalized spacial score (nSPS) is 11.2. The maximum absolute atomic E-state index is 10.4. The van der Waals surface area contributed by atoms with Crippen LogP contribution in [0.2, 0.25) is 0 Å². The molecule has 1 heterocycles. The largest absolute Gasteiger partial charge is 0.493 e. The zero-order valence-corrected chi connectivity index (χ0v) is 12.8. The number of aromatic hydroxyl groups is 1. The van der Waals surface area contributed by atoms with Crippen LogP contribution in [0.4, 0.5) is 0 Å². The van der Waals surface area contributed by atoms with Gasteiger partial charge in [0.05, 0.1) is 5.69 Å². The van der Waals surface area contributed by atoms with Crippen molar-refractivity contribution in [1.82, 2.24) is 9.78 Å². The average molecular weight is 272 g/mol. The predicted octanol–water partition coefficient (Wildman–Crippen LogP) is 4.49. The molecule has 0 bridgehead atoms. The molecule has 2 aromatic rings. The molecule has 3 nitrogen and oxygen atoms in total. The van der Waals surface area contributed by atoms with Gasteiger partial charge < -0.3 is 5.11 Å². The summed E-state index contributed by atoms with van der Waals surface area (Å²) in [6, 6.07) is 8.30. The van der Waals surface area contributed by atoms with Gasteiger partial charge in [-0.25, -0.2) is 4.68 Å². The summed E-state index contributed by atoms with van der Waals surface area (Å²) in [5, 5.41) is 15.1. The van der Waals surface area contributed by atoms with E-state index in [2.05, 4.69) is 51.0 Å². The van der Waals surface area contributed by atoms with E-state index in [1.54, 1.807) is 4.68 Å². The van der Waals surface area contributed by atoms with E-state index in [-0.39, 0.29) is 5.92 Å². The minimum Gasteiger partial charge on any atom is -0.493 e. The molecule has 0 fully saturated rings. The fourth-order valence-corrected chi connectivity index (χ4v) is 2.47. The van der Waals surface area contributed by atoms with E-state index in [0.717, 1.165) is 36.2 Å². The average Bonchev–Trinajstić information content (AvgIpc) is 2.73. The van der Waals surface area contributed by atoms with E-state index in [1.807, 2.05) is 6.07 Å². The quantitative estimate of drug-likeness (QED) is 0.871. The van der Waals surface area contributed by atoms with Crippen LogP contribution in [-0.2, 0) is 6.54 Å². The molecule has 108 valence electrons. The second-order valence-electron chi connectivity index (χ2n) is 5.69. The minimum atomic E-state index is 0.251. The van der Waals surface area contributed by atoms with Crippen LogP contribution in [0.5, 0.6) is 5.88 Å². The molecule has 0 aliphatic rings. The van der Waals surface area contributed by atoms with Gasteiger partial charge in [0.25, 0.3) is 0 Å². The van der Waals surface area contributed by atoms with Gasteiger partial charge in [0.1, 0.15) is 0 Å². The van der Waals surface area contributed by atoms with Gasteiger partial charge >= 0.3 is 0 Å². The topological polar surface area (TPSA) is 38.0 Å². The van der Waals surface area contributed by atoms with Gasteiger partial charge in [0, 0.05) is 17.7 Å². The van der Waals surface area contributed by atoms with E-state index in [1.165, 1.54) is 5.56 Å². The molecule has 0 spiro atoms. The number of benzene rings is 1. The van der Waals surface area contributed by atoms with Crippen molar-refractivity contribution in [3.05, 3.63) is 35.4 Å². The molecule has 3 heteroatoms. The SMILES string of the molecule is CCCCn1nc(-c2cccc(C)c2)c(C(C)C)c1O. The van der Waals surface area contributed by atoms with Gasteiger partial charge in [-0.15, -0.1) is 0 Å². The second kappa shape index (κ2) is 6.12. The van der Waals surface area contributed by atoms with Crippen LogP contribution in [0.25, 0.3) is 11.3 Å². The number of aryl methyl sites for hydroxylation is 2. The lowest BCUT2D eigenvalue weighted by molar-refractivity contribution is 0.387. The van der Waals surface area contributed by atoms with Crippen LogP contribution in [0.1, 0.15) is 50.7 Å². The van der Waals surface area contributed by atoms with Crippen LogP contribution in [0.3, 0.4) is 0 Å². The van der Waals surface area contributed by atoms with E-state index < -0.39 is 0 Å². The van der Waals surface area contributed by atoms with Crippen molar-refractivity contribution in [1.29, 1.82) is 0 Å². The highest BCUT2D eigenvalue weighted by Gasteiger charge is 2.20. The van der Waals surface area contributed by atoms with E-state index in [9.17, 15) is 5.11 Å². The summed E-state index contributed by atoms with van der Waals surface area (Å²) >= 11 is 0. The first-order valence-electron chi connectivity index (χ1n) is 7.41. The Labute approximate surface area is 121 Å². The molecular formula is C17H24N2O. The Morgan fingerprint density at radius 1 is 1.30 bits per heavy atom. The molecule has 1 N–H and O–H groups in total. The van der Waals surface area contributed by atoms with Gasteiger partial charge in [-0.2, -0.15) is 5.10 Å². The maximum Gasteiger partial charge on any atom is 0.213 e. The predicted molar refractivity (Wildman–Crippen MR) is 83.1 cm³/mol. The summed E-state index contributed by atoms with van der Waals surface area (Å²) in [5.74, 6) is 0.575. The summed E-state index contributed by atoms with van der Waals surface area (Å²) in [7, 11) is 0. The number of aromatic nitrogens is 2. The molecule has 0 aliphatic carbocycles. The van der Waals surface area contributed by atoms with Gasteiger partial charge in [-0.1, -0.05) is 51.0 Å². The summed E-state index contributed by atoms with van der Waals surface area (Å²) < 4.78 is 1.75. The highest BCUT2D eigenvalue weighted by molar-refractivity contribution is 5.66. The van der Waals surface area contributed by atoms with Crippen LogP contribution < -0.4 is 0 Å². The maximum atomic E-state index is 10.4. The summed E-state index contributed by atoms with van der Waals surface area (Å²) in [4.78, 5) is 0. The Hall–Kier alpha value is -1.77. The number of rotatable bonds is 5. The monoisotopic (exact) mass is 272 g/mol. The highest BCUT2D eigenvalue weighted by atomic mass is 16.3. The molecule has 0 saturated carbocycles. The van der Waals surface area contributed by atoms with Crippen molar-refractivity contribution in [2.45, 2.75) is 53.0 Å². The second-order valence-corrected chi connectivity index (χ2v) is 5.69. The molecule has 1 aromatic heterocycles. The van der Waals surface area contributed by atoms with Crippen molar-refractivity contribution < 1.29 is 5.11 Å². The molecule has 0 aliphatic heterocycles. The van der Waals surface area contributed by atoms with Crippen LogP contribution in [-0.4, -0.2) is 14.9 Å². The third-order valence-corrected chi connectivity index (χ3v) is 3.55. The lowest BCUT2D eigenvalue weighted by Gasteiger charge is -2.07. The number of nitrogens with zero attached hydrogens (tertiary/aromatic N) is 2. The van der Waals surface area contributed by atoms with E-state index >= 15 is 0 Å². The molecule has 0 atom stereocenters. The molecule has 0 unspecified atom stereocenters. The Bertz CT molecular complexity index is 585. The van der Waals surface area contributed by atoms with Crippen molar-refractivity contribution in [3.8, 4) is 17.1 Å². The van der Waals surface area contributed by atoms with Crippen LogP contribution in [0, 0.1) is 6.92 Å². The van der Waals surface area contributed by atoms with Crippen molar-refractivity contribution in [3.63, 3.8) is 0 Å². The van der Waals surface area contributed by atoms with Crippen molar-refractivity contribution in [2.24, 2.45) is 0 Å². The molecule has 0 saturated heterocycles. The van der Waals surface area contributed by atoms with Gasteiger partial charge in [0.2, 0.25) is 5.88 Å². The first-order valence-corrected chi connectivity index (χ1v) is 7.41. The lowest BCUT2D eigenvalue weighted by Crippen LogP contribution is -1.99. The first-order chi connectivity index (χ1) is 9.54. The van der Waals surface area contributed by atoms with Crippen LogP contribution in [0.15, 0.2) is 24.3 Å². The molecular weight excluding hydrogens is 248 g/mol. The lowest BCUT2D eigenvalue weighted by atomic mass is 9.98. The van der Waals surface area contributed by atoms with Crippen molar-refractivity contribution >= 4 is 0 Å². The van der Waals surface area contributed by atoms with Gasteiger partial charge in [0.15, 0.2) is 0 Å². The summed E-state index contributed by atoms with van der Waals surface area (Å²) in [6.45, 7) is 9.19. The fourth-order valence-electron chi connectivity index (χ4n) is 2.47. The van der Waals surface area contributed by atoms with Gasteiger partial charge in [-0.05, 0) is 25.3 Å². The van der Waals surface area contributed by atoms with Crippen molar-refractivity contribution in [2.75, 3.05) is 0 Å². The Kier molecular flexibility index (Phi) is 4.48. The third-order valence-electron chi connectivity index (χ3n) is 3.55. The van der Waals surface area contributed by atoms with E-state index in [4.69, 9.17) is 0 Å². The van der Waals surface area contributed by atoms with E-state index in [0.29, 0.717) is 5.88 Å². The summed E-state index contributed by atoms with van der Waals surface area (Å²) in [5.41, 5.74) is 4.16. The molecule has 1 aromatic carbocycles. The third kappa shape index (κ3) is 2.87. The van der Waals surface area contributed by atoms with Gasteiger partial charge in [-0.3, -0.25) is 0 Å². The number of hydrogen-bond donors (Lipinski definition) is 1. The first kappa shape index (κ1) is 14.6. The minimum absolute atomic E-state index is 0.251. The zero-order valence-electron chi connectivity index (χ0n) is 12.8. The number of hydrogen-bond acceptors (Lipinski definition) is 2. The zero-order chi connectivity index (χ0) is 14.7.